The van der Waals surface area contributed by atoms with Crippen LogP contribution in [0, 0.1) is 0 Å². The third kappa shape index (κ3) is 2.26. The van der Waals surface area contributed by atoms with E-state index in [4.69, 9.17) is 10.5 Å². The van der Waals surface area contributed by atoms with E-state index in [0.717, 1.165) is 11.8 Å². The molecule has 3 atom stereocenters. The van der Waals surface area contributed by atoms with E-state index in [1.807, 2.05) is 6.07 Å². The van der Waals surface area contributed by atoms with Gasteiger partial charge in [0.15, 0.2) is 9.84 Å². The van der Waals surface area contributed by atoms with Gasteiger partial charge < -0.3 is 10.5 Å². The standard InChI is InChI=1S/C13H17NO4S/c1-3-18-12(15)13(14)10(11(13)19(2,16)17)9-7-5-4-6-8-9/h4-8,10-11H,3,14H2,1-2H3/t10-,11-,13+/m0/s1. The molecule has 0 bridgehead atoms. The maximum atomic E-state index is 12.0. The number of rotatable bonds is 4. The number of carbonyl (C=O) groups is 1. The Balaban J connectivity index is 2.40. The van der Waals surface area contributed by atoms with Gasteiger partial charge >= 0.3 is 5.97 Å². The molecule has 0 unspecified atom stereocenters. The normalized spacial score (nSPS) is 29.8. The second kappa shape index (κ2) is 4.61. The lowest BCUT2D eigenvalue weighted by atomic mass is 10.1. The largest absolute Gasteiger partial charge is 0.465 e. The molecule has 0 aliphatic heterocycles. The van der Waals surface area contributed by atoms with Crippen LogP contribution < -0.4 is 5.73 Å². The molecule has 0 saturated heterocycles. The maximum absolute atomic E-state index is 12.0. The van der Waals surface area contributed by atoms with E-state index in [9.17, 15) is 13.2 Å². The van der Waals surface area contributed by atoms with Crippen molar-refractivity contribution in [2.75, 3.05) is 12.9 Å². The van der Waals surface area contributed by atoms with Crippen LogP contribution in [-0.4, -0.2) is 38.0 Å². The smallest absolute Gasteiger partial charge is 0.328 e. The number of benzene rings is 1. The summed E-state index contributed by atoms with van der Waals surface area (Å²) in [5.41, 5.74) is 5.31. The molecule has 0 spiro atoms. The van der Waals surface area contributed by atoms with Crippen molar-refractivity contribution in [1.82, 2.24) is 0 Å². The van der Waals surface area contributed by atoms with Gasteiger partial charge in [-0.2, -0.15) is 0 Å². The third-order valence-electron chi connectivity index (χ3n) is 3.43. The van der Waals surface area contributed by atoms with Gasteiger partial charge in [0.2, 0.25) is 0 Å². The molecular formula is C13H17NO4S. The molecule has 1 fully saturated rings. The predicted octanol–water partition coefficient (Wildman–Crippen LogP) is 0.458. The van der Waals surface area contributed by atoms with Crippen LogP contribution in [0.5, 0.6) is 0 Å². The van der Waals surface area contributed by atoms with Crippen molar-refractivity contribution in [2.45, 2.75) is 23.6 Å². The van der Waals surface area contributed by atoms with Gasteiger partial charge in [-0.05, 0) is 12.5 Å². The van der Waals surface area contributed by atoms with Crippen molar-refractivity contribution in [1.29, 1.82) is 0 Å². The Labute approximate surface area is 112 Å². The maximum Gasteiger partial charge on any atom is 0.328 e. The highest BCUT2D eigenvalue weighted by Gasteiger charge is 2.73. The minimum absolute atomic E-state index is 0.176. The fraction of sp³-hybridized carbons (Fsp3) is 0.462. The van der Waals surface area contributed by atoms with Crippen LogP contribution >= 0.6 is 0 Å². The van der Waals surface area contributed by atoms with E-state index in [2.05, 4.69) is 0 Å². The number of sulfone groups is 1. The van der Waals surface area contributed by atoms with E-state index < -0.39 is 32.5 Å². The summed E-state index contributed by atoms with van der Waals surface area (Å²) in [6, 6.07) is 8.95. The summed E-state index contributed by atoms with van der Waals surface area (Å²) >= 11 is 0. The van der Waals surface area contributed by atoms with Crippen molar-refractivity contribution >= 4 is 15.8 Å². The Kier molecular flexibility index (Phi) is 3.40. The van der Waals surface area contributed by atoms with Gasteiger partial charge in [-0.3, -0.25) is 0 Å². The lowest BCUT2D eigenvalue weighted by Crippen LogP contribution is -2.41. The van der Waals surface area contributed by atoms with Gasteiger partial charge in [-0.25, -0.2) is 13.2 Å². The zero-order valence-electron chi connectivity index (χ0n) is 10.9. The fourth-order valence-electron chi connectivity index (χ4n) is 2.59. The highest BCUT2D eigenvalue weighted by molar-refractivity contribution is 7.91. The SMILES string of the molecule is CCOC(=O)[C@@]1(N)[C@@H](c2ccccc2)[C@@H]1S(C)(=O)=O. The average Bonchev–Trinajstić information content (AvgIpc) is 2.99. The van der Waals surface area contributed by atoms with E-state index in [1.165, 1.54) is 0 Å². The first-order chi connectivity index (χ1) is 8.83. The van der Waals surface area contributed by atoms with Crippen LogP contribution in [0.3, 0.4) is 0 Å². The molecule has 5 nitrogen and oxygen atoms in total. The zero-order chi connectivity index (χ0) is 14.3. The molecule has 1 saturated carbocycles. The first-order valence-corrected chi connectivity index (χ1v) is 7.98. The van der Waals surface area contributed by atoms with Crippen LogP contribution in [-0.2, 0) is 19.4 Å². The van der Waals surface area contributed by atoms with Crippen molar-refractivity contribution in [2.24, 2.45) is 5.73 Å². The Morgan fingerprint density at radius 3 is 2.42 bits per heavy atom. The number of esters is 1. The van der Waals surface area contributed by atoms with E-state index >= 15 is 0 Å². The molecule has 104 valence electrons. The summed E-state index contributed by atoms with van der Waals surface area (Å²) in [7, 11) is -3.42. The fourth-order valence-corrected chi connectivity index (χ4v) is 4.34. The molecule has 0 amide bonds. The Morgan fingerprint density at radius 2 is 1.95 bits per heavy atom. The molecule has 2 N–H and O–H groups in total. The summed E-state index contributed by atoms with van der Waals surface area (Å²) in [4.78, 5) is 12.0. The minimum Gasteiger partial charge on any atom is -0.465 e. The van der Waals surface area contributed by atoms with Crippen molar-refractivity contribution in [3.63, 3.8) is 0 Å². The summed E-state index contributed by atoms with van der Waals surface area (Å²) < 4.78 is 28.5. The van der Waals surface area contributed by atoms with Crippen LogP contribution in [0.15, 0.2) is 30.3 Å². The van der Waals surface area contributed by atoms with Crippen molar-refractivity contribution < 1.29 is 17.9 Å². The monoisotopic (exact) mass is 283 g/mol. The number of hydrogen-bond donors (Lipinski definition) is 1. The Hall–Kier alpha value is -1.40. The van der Waals surface area contributed by atoms with Gasteiger partial charge in [-0.1, -0.05) is 30.3 Å². The van der Waals surface area contributed by atoms with E-state index in [0.29, 0.717) is 0 Å². The van der Waals surface area contributed by atoms with Gasteiger partial charge in [0.1, 0.15) is 5.54 Å². The molecule has 6 heteroatoms. The second-order valence-corrected chi connectivity index (χ2v) is 6.96. The van der Waals surface area contributed by atoms with Crippen molar-refractivity contribution in [3.8, 4) is 0 Å². The second-order valence-electron chi connectivity index (χ2n) is 4.79. The summed E-state index contributed by atoms with van der Waals surface area (Å²) in [5, 5.41) is -0.915. The molecule has 1 aliphatic carbocycles. The molecule has 1 aromatic rings. The minimum atomic E-state index is -3.42. The lowest BCUT2D eigenvalue weighted by Gasteiger charge is -2.10. The molecule has 19 heavy (non-hydrogen) atoms. The number of nitrogens with two attached hydrogens (primary N) is 1. The highest BCUT2D eigenvalue weighted by atomic mass is 32.2. The molecule has 1 aliphatic rings. The van der Waals surface area contributed by atoms with Gasteiger partial charge in [-0.15, -0.1) is 0 Å². The predicted molar refractivity (Wildman–Crippen MR) is 71.4 cm³/mol. The molecule has 1 aromatic carbocycles. The summed E-state index contributed by atoms with van der Waals surface area (Å²) in [6.07, 6.45) is 1.10. The quantitative estimate of drug-likeness (QED) is 0.811. The Morgan fingerprint density at radius 1 is 1.37 bits per heavy atom. The third-order valence-corrected chi connectivity index (χ3v) is 5.01. The van der Waals surface area contributed by atoms with Crippen LogP contribution in [0.1, 0.15) is 18.4 Å². The first-order valence-electron chi connectivity index (χ1n) is 6.03. The Bertz CT molecular complexity index is 584. The summed E-state index contributed by atoms with van der Waals surface area (Å²) in [5.74, 6) is -1.19. The number of hydrogen-bond acceptors (Lipinski definition) is 5. The highest BCUT2D eigenvalue weighted by Crippen LogP contribution is 2.54. The van der Waals surface area contributed by atoms with Crippen LogP contribution in [0.2, 0.25) is 0 Å². The van der Waals surface area contributed by atoms with Crippen LogP contribution in [0.4, 0.5) is 0 Å². The molecule has 0 heterocycles. The average molecular weight is 283 g/mol. The van der Waals surface area contributed by atoms with Gasteiger partial charge in [0, 0.05) is 12.2 Å². The van der Waals surface area contributed by atoms with Gasteiger partial charge in [0.05, 0.1) is 11.9 Å². The van der Waals surface area contributed by atoms with E-state index in [1.54, 1.807) is 31.2 Å². The summed E-state index contributed by atoms with van der Waals surface area (Å²) in [6.45, 7) is 1.84. The van der Waals surface area contributed by atoms with Crippen LogP contribution in [0.25, 0.3) is 0 Å². The molecule has 0 radical (unpaired) electrons. The molecular weight excluding hydrogens is 266 g/mol. The number of carbonyl (C=O) groups excluding carboxylic acids is 1. The topological polar surface area (TPSA) is 86.5 Å². The number of ether oxygens (including phenoxy) is 1. The first kappa shape index (κ1) is 14.0. The molecule has 0 aromatic heterocycles. The van der Waals surface area contributed by atoms with Gasteiger partial charge in [0.25, 0.3) is 0 Å². The molecule has 2 rings (SSSR count). The van der Waals surface area contributed by atoms with Crippen molar-refractivity contribution in [3.05, 3.63) is 35.9 Å². The lowest BCUT2D eigenvalue weighted by molar-refractivity contribution is -0.145. The van der Waals surface area contributed by atoms with E-state index in [-0.39, 0.29) is 6.61 Å². The zero-order valence-corrected chi connectivity index (χ0v) is 11.7.